The second-order valence-corrected chi connectivity index (χ2v) is 9.14. The van der Waals surface area contributed by atoms with Crippen LogP contribution in [0.15, 0.2) is 66.0 Å². The monoisotopic (exact) mass is 487 g/mol. The lowest BCUT2D eigenvalue weighted by Crippen LogP contribution is -2.39. The van der Waals surface area contributed by atoms with Gasteiger partial charge in [0.15, 0.2) is 0 Å². The maximum Gasteiger partial charge on any atom is 0.332 e. The van der Waals surface area contributed by atoms with Crippen LogP contribution >= 0.6 is 34.5 Å². The third-order valence-electron chi connectivity index (χ3n) is 5.07. The van der Waals surface area contributed by atoms with Crippen LogP contribution in [-0.4, -0.2) is 35.3 Å². The van der Waals surface area contributed by atoms with E-state index in [0.29, 0.717) is 34.4 Å². The molecule has 164 valence electrons. The summed E-state index contributed by atoms with van der Waals surface area (Å²) in [5.41, 5.74) is 0.947. The van der Waals surface area contributed by atoms with E-state index in [2.05, 4.69) is 5.32 Å². The van der Waals surface area contributed by atoms with Crippen LogP contribution in [0.25, 0.3) is 0 Å². The number of urea groups is 1. The second kappa shape index (κ2) is 9.73. The molecular weight excluding hydrogens is 469 g/mol. The molecule has 0 saturated carbocycles. The lowest BCUT2D eigenvalue weighted by Gasteiger charge is -2.21. The number of nitrogens with one attached hydrogen (secondary N) is 1. The smallest absolute Gasteiger partial charge is 0.326 e. The predicted molar refractivity (Wildman–Crippen MR) is 128 cm³/mol. The normalized spacial score (nSPS) is 16.0. The van der Waals surface area contributed by atoms with E-state index < -0.39 is 18.0 Å². The van der Waals surface area contributed by atoms with Crippen molar-refractivity contribution in [3.05, 3.63) is 81.0 Å². The molecule has 1 aliphatic heterocycles. The number of carbonyl (C=O) groups excluding carboxylic acids is 3. The molecule has 32 heavy (non-hydrogen) atoms. The van der Waals surface area contributed by atoms with Gasteiger partial charge >= 0.3 is 6.03 Å². The maximum atomic E-state index is 13.3. The lowest BCUT2D eigenvalue weighted by atomic mass is 10.1. The number of hydrogen-bond donors (Lipinski definition) is 1. The van der Waals surface area contributed by atoms with Crippen molar-refractivity contribution in [2.45, 2.75) is 18.9 Å². The van der Waals surface area contributed by atoms with Gasteiger partial charge in [0.05, 0.1) is 12.1 Å². The highest BCUT2D eigenvalue weighted by Crippen LogP contribution is 2.29. The molecule has 3 aromatic rings. The van der Waals surface area contributed by atoms with Crippen LogP contribution in [0.2, 0.25) is 10.0 Å². The Morgan fingerprint density at radius 2 is 1.78 bits per heavy atom. The molecular formula is C23H19Cl2N3O3S. The second-order valence-electron chi connectivity index (χ2n) is 7.23. The number of imide groups is 1. The summed E-state index contributed by atoms with van der Waals surface area (Å²) in [5.74, 6) is -0.817. The third kappa shape index (κ3) is 4.96. The Balaban J connectivity index is 1.55. The van der Waals surface area contributed by atoms with Crippen LogP contribution in [0.5, 0.6) is 0 Å². The number of benzene rings is 2. The summed E-state index contributed by atoms with van der Waals surface area (Å²) in [6.45, 7) is 0.320. The first-order chi connectivity index (χ1) is 15.4. The molecule has 1 N–H and O–H groups in total. The molecule has 0 radical (unpaired) electrons. The van der Waals surface area contributed by atoms with E-state index in [-0.39, 0.29) is 12.3 Å². The lowest BCUT2D eigenvalue weighted by molar-refractivity contribution is -0.124. The molecule has 0 aliphatic carbocycles. The van der Waals surface area contributed by atoms with Crippen LogP contribution in [0.1, 0.15) is 11.3 Å². The zero-order valence-corrected chi connectivity index (χ0v) is 19.2. The first kappa shape index (κ1) is 22.3. The minimum atomic E-state index is -0.909. The number of halogens is 2. The number of rotatable bonds is 7. The van der Waals surface area contributed by atoms with Gasteiger partial charge in [-0.2, -0.15) is 0 Å². The molecule has 6 nitrogen and oxygen atoms in total. The van der Waals surface area contributed by atoms with Crippen molar-refractivity contribution in [2.24, 2.45) is 0 Å². The Kier molecular flexibility index (Phi) is 6.79. The molecule has 1 aliphatic rings. The molecule has 9 heteroatoms. The van der Waals surface area contributed by atoms with Crippen LogP contribution in [0.3, 0.4) is 0 Å². The number of anilines is 2. The Morgan fingerprint density at radius 3 is 2.47 bits per heavy atom. The van der Waals surface area contributed by atoms with Crippen LogP contribution in [0, 0.1) is 0 Å². The minimum Gasteiger partial charge on any atom is -0.326 e. The molecule has 1 aromatic heterocycles. The third-order valence-corrected chi connectivity index (χ3v) is 6.49. The SMILES string of the molecule is O=C(CC1C(=O)N(c2cccc(Cl)c2)C(=O)N1CCc1cccs1)Nc1ccc(Cl)cc1. The molecule has 1 unspecified atom stereocenters. The average molecular weight is 488 g/mol. The van der Waals surface area contributed by atoms with Crippen molar-refractivity contribution in [2.75, 3.05) is 16.8 Å². The van der Waals surface area contributed by atoms with Gasteiger partial charge in [-0.1, -0.05) is 35.3 Å². The van der Waals surface area contributed by atoms with E-state index in [1.54, 1.807) is 59.9 Å². The Hall–Kier alpha value is -2.87. The van der Waals surface area contributed by atoms with Crippen molar-refractivity contribution in [3.63, 3.8) is 0 Å². The van der Waals surface area contributed by atoms with Crippen molar-refractivity contribution in [1.82, 2.24) is 4.90 Å². The van der Waals surface area contributed by atoms with Gasteiger partial charge in [0.2, 0.25) is 5.91 Å². The number of thiophene rings is 1. The Morgan fingerprint density at radius 1 is 1.00 bits per heavy atom. The molecule has 1 fully saturated rings. The predicted octanol–water partition coefficient (Wildman–Crippen LogP) is 5.46. The topological polar surface area (TPSA) is 69.7 Å². The van der Waals surface area contributed by atoms with Gasteiger partial charge in [-0.3, -0.25) is 9.59 Å². The average Bonchev–Trinajstić information content (AvgIpc) is 3.35. The van der Waals surface area contributed by atoms with Crippen molar-refractivity contribution in [1.29, 1.82) is 0 Å². The van der Waals surface area contributed by atoms with Crippen LogP contribution in [-0.2, 0) is 16.0 Å². The highest BCUT2D eigenvalue weighted by atomic mass is 35.5. The number of amides is 4. The summed E-state index contributed by atoms with van der Waals surface area (Å²) in [7, 11) is 0. The fourth-order valence-electron chi connectivity index (χ4n) is 3.55. The molecule has 0 spiro atoms. The van der Waals surface area contributed by atoms with Crippen molar-refractivity contribution < 1.29 is 14.4 Å². The van der Waals surface area contributed by atoms with Gasteiger partial charge in [-0.25, -0.2) is 9.69 Å². The quantitative estimate of drug-likeness (QED) is 0.449. The zero-order chi connectivity index (χ0) is 22.7. The molecule has 2 heterocycles. The highest BCUT2D eigenvalue weighted by molar-refractivity contribution is 7.09. The van der Waals surface area contributed by atoms with E-state index in [0.717, 1.165) is 9.78 Å². The van der Waals surface area contributed by atoms with Gasteiger partial charge < -0.3 is 10.2 Å². The summed E-state index contributed by atoms with van der Waals surface area (Å²) in [5, 5.41) is 5.69. The zero-order valence-electron chi connectivity index (χ0n) is 16.8. The van der Waals surface area contributed by atoms with Crippen LogP contribution in [0.4, 0.5) is 16.2 Å². The molecule has 2 aromatic carbocycles. The van der Waals surface area contributed by atoms with Crippen LogP contribution < -0.4 is 10.2 Å². The van der Waals surface area contributed by atoms with E-state index in [9.17, 15) is 14.4 Å². The summed E-state index contributed by atoms with van der Waals surface area (Å²) < 4.78 is 0. The Labute approximate surface area is 199 Å². The number of hydrogen-bond acceptors (Lipinski definition) is 4. The van der Waals surface area contributed by atoms with Gasteiger partial charge in [-0.15, -0.1) is 11.3 Å². The minimum absolute atomic E-state index is 0.158. The van der Waals surface area contributed by atoms with Gasteiger partial charge in [0.1, 0.15) is 6.04 Å². The van der Waals surface area contributed by atoms with Crippen molar-refractivity contribution in [3.8, 4) is 0 Å². The first-order valence-electron chi connectivity index (χ1n) is 9.90. The maximum absolute atomic E-state index is 13.3. The van der Waals surface area contributed by atoms with Gasteiger partial charge in [0, 0.05) is 27.2 Å². The van der Waals surface area contributed by atoms with E-state index in [1.807, 2.05) is 17.5 Å². The molecule has 1 saturated heterocycles. The Bertz CT molecular complexity index is 1140. The van der Waals surface area contributed by atoms with E-state index in [4.69, 9.17) is 23.2 Å². The first-order valence-corrected chi connectivity index (χ1v) is 11.5. The molecule has 4 rings (SSSR count). The van der Waals surface area contributed by atoms with E-state index >= 15 is 0 Å². The van der Waals surface area contributed by atoms with Gasteiger partial charge in [-0.05, 0) is 60.3 Å². The summed E-state index contributed by atoms with van der Waals surface area (Å²) in [6.07, 6.45) is 0.435. The fraction of sp³-hybridized carbons (Fsp3) is 0.174. The number of carbonyl (C=O) groups is 3. The highest BCUT2D eigenvalue weighted by Gasteiger charge is 2.46. The standard InChI is InChI=1S/C23H19Cl2N3O3S/c24-15-6-8-17(9-7-15)26-21(29)14-20-22(30)28(18-4-1-3-16(25)13-18)23(31)27(20)11-10-19-5-2-12-32-19/h1-9,12-13,20H,10-11,14H2,(H,26,29). The number of nitrogens with zero attached hydrogens (tertiary/aromatic N) is 2. The summed E-state index contributed by atoms with van der Waals surface area (Å²) in [4.78, 5) is 42.8. The largest absolute Gasteiger partial charge is 0.332 e. The molecule has 4 amide bonds. The summed E-state index contributed by atoms with van der Waals surface area (Å²) >= 11 is 13.5. The molecule has 0 bridgehead atoms. The molecule has 1 atom stereocenters. The fourth-order valence-corrected chi connectivity index (χ4v) is 4.56. The van der Waals surface area contributed by atoms with Crippen molar-refractivity contribution >= 4 is 63.8 Å². The summed E-state index contributed by atoms with van der Waals surface area (Å²) in [6, 6.07) is 15.8. The van der Waals surface area contributed by atoms with E-state index in [1.165, 1.54) is 4.90 Å². The van der Waals surface area contributed by atoms with Gasteiger partial charge in [0.25, 0.3) is 5.91 Å².